The second-order valence-corrected chi connectivity index (χ2v) is 3.15. The van der Waals surface area contributed by atoms with Crippen LogP contribution < -0.4 is 5.32 Å². The van der Waals surface area contributed by atoms with Gasteiger partial charge in [0.05, 0.1) is 6.20 Å². The summed E-state index contributed by atoms with van der Waals surface area (Å²) >= 11 is 0. The van der Waals surface area contributed by atoms with Crippen molar-refractivity contribution in [3.05, 3.63) is 41.9 Å². The van der Waals surface area contributed by atoms with E-state index in [0.717, 1.165) is 6.20 Å². The summed E-state index contributed by atoms with van der Waals surface area (Å²) < 4.78 is 0. The number of carboxylic acids is 1. The highest BCUT2D eigenvalue weighted by Gasteiger charge is 2.15. The van der Waals surface area contributed by atoms with E-state index in [4.69, 9.17) is 5.11 Å². The molecule has 86 valence electrons. The molecule has 0 unspecified atom stereocenters. The molecule has 0 aromatic carbocycles. The van der Waals surface area contributed by atoms with Crippen molar-refractivity contribution < 1.29 is 14.7 Å². The molecule has 1 amide bonds. The van der Waals surface area contributed by atoms with Crippen molar-refractivity contribution in [2.24, 2.45) is 0 Å². The zero-order valence-electron chi connectivity index (χ0n) is 8.54. The number of carboxylic acid groups (broad SMARTS) is 1. The van der Waals surface area contributed by atoms with Crippen molar-refractivity contribution in [3.63, 3.8) is 0 Å². The van der Waals surface area contributed by atoms with Gasteiger partial charge in [0, 0.05) is 18.0 Å². The van der Waals surface area contributed by atoms with E-state index in [9.17, 15) is 9.59 Å². The van der Waals surface area contributed by atoms with Gasteiger partial charge in [-0.1, -0.05) is 0 Å². The molecule has 3 N–H and O–H groups in total. The van der Waals surface area contributed by atoms with Gasteiger partial charge in [0.15, 0.2) is 0 Å². The summed E-state index contributed by atoms with van der Waals surface area (Å²) in [4.78, 5) is 26.3. The fourth-order valence-electron chi connectivity index (χ4n) is 1.23. The second-order valence-electron chi connectivity index (χ2n) is 3.15. The van der Waals surface area contributed by atoms with Gasteiger partial charge in [-0.3, -0.25) is 14.9 Å². The summed E-state index contributed by atoms with van der Waals surface area (Å²) in [6.07, 6.45) is 4.07. The highest BCUT2D eigenvalue weighted by molar-refractivity contribution is 6.06. The summed E-state index contributed by atoms with van der Waals surface area (Å²) in [5.74, 6) is -1.54. The third kappa shape index (κ3) is 2.28. The highest BCUT2D eigenvalue weighted by atomic mass is 16.4. The lowest BCUT2D eigenvalue weighted by Crippen LogP contribution is -2.14. The maximum Gasteiger partial charge on any atom is 0.341 e. The minimum atomic E-state index is -1.16. The van der Waals surface area contributed by atoms with Crippen LogP contribution in [0, 0.1) is 0 Å². The SMILES string of the molecule is O=C(Nc1[nH]ncc1C(=O)O)c1ccncc1. The van der Waals surface area contributed by atoms with Crippen LogP contribution >= 0.6 is 0 Å². The number of H-pyrrole nitrogens is 1. The van der Waals surface area contributed by atoms with E-state index in [1.54, 1.807) is 0 Å². The number of aromatic amines is 1. The van der Waals surface area contributed by atoms with Crippen molar-refractivity contribution in [1.82, 2.24) is 15.2 Å². The number of hydrogen-bond acceptors (Lipinski definition) is 4. The molecule has 7 heteroatoms. The number of pyridine rings is 1. The monoisotopic (exact) mass is 232 g/mol. The van der Waals surface area contributed by atoms with E-state index in [-0.39, 0.29) is 11.4 Å². The lowest BCUT2D eigenvalue weighted by Gasteiger charge is -2.03. The third-order valence-corrected chi connectivity index (χ3v) is 2.05. The number of aromatic nitrogens is 3. The standard InChI is InChI=1S/C10H8N4O3/c15-9(6-1-3-11-4-2-6)13-8-7(10(16)17)5-12-14-8/h1-5H,(H,16,17)(H2,12,13,14,15). The Hall–Kier alpha value is -2.70. The van der Waals surface area contributed by atoms with Gasteiger partial charge in [0.1, 0.15) is 11.4 Å². The lowest BCUT2D eigenvalue weighted by molar-refractivity contribution is 0.0698. The average Bonchev–Trinajstić information content (AvgIpc) is 2.78. The van der Waals surface area contributed by atoms with Gasteiger partial charge in [0.25, 0.3) is 5.91 Å². The Morgan fingerprint density at radius 1 is 1.29 bits per heavy atom. The number of anilines is 1. The van der Waals surface area contributed by atoms with Crippen molar-refractivity contribution in [2.75, 3.05) is 5.32 Å². The largest absolute Gasteiger partial charge is 0.477 e. The van der Waals surface area contributed by atoms with E-state index in [0.29, 0.717) is 5.56 Å². The molecule has 2 heterocycles. The van der Waals surface area contributed by atoms with Gasteiger partial charge in [-0.15, -0.1) is 0 Å². The van der Waals surface area contributed by atoms with Gasteiger partial charge >= 0.3 is 5.97 Å². The fraction of sp³-hybridized carbons (Fsp3) is 0. The summed E-state index contributed by atoms with van der Waals surface area (Å²) in [5.41, 5.74) is 0.290. The molecule has 0 aliphatic heterocycles. The van der Waals surface area contributed by atoms with E-state index in [1.165, 1.54) is 24.5 Å². The van der Waals surface area contributed by atoms with Crippen LogP contribution in [0.25, 0.3) is 0 Å². The van der Waals surface area contributed by atoms with Gasteiger partial charge in [-0.2, -0.15) is 5.10 Å². The van der Waals surface area contributed by atoms with Crippen molar-refractivity contribution in [2.45, 2.75) is 0 Å². The summed E-state index contributed by atoms with van der Waals surface area (Å²) in [6, 6.07) is 3.04. The Morgan fingerprint density at radius 2 is 2.00 bits per heavy atom. The maximum atomic E-state index is 11.7. The minimum Gasteiger partial charge on any atom is -0.477 e. The molecule has 0 fully saturated rings. The Bertz CT molecular complexity index is 550. The Labute approximate surface area is 95.5 Å². The second kappa shape index (κ2) is 4.44. The van der Waals surface area contributed by atoms with Crippen LogP contribution in [0.3, 0.4) is 0 Å². The number of aromatic carboxylic acids is 1. The van der Waals surface area contributed by atoms with E-state index in [2.05, 4.69) is 20.5 Å². The van der Waals surface area contributed by atoms with Crippen LogP contribution in [0.15, 0.2) is 30.7 Å². The molecule has 0 atom stereocenters. The molecule has 0 saturated heterocycles. The highest BCUT2D eigenvalue weighted by Crippen LogP contribution is 2.11. The normalized spacial score (nSPS) is 9.88. The number of carbonyl (C=O) groups is 2. The van der Waals surface area contributed by atoms with Gasteiger partial charge in [0.2, 0.25) is 0 Å². The first-order valence-electron chi connectivity index (χ1n) is 4.66. The molecule has 2 rings (SSSR count). The zero-order valence-corrected chi connectivity index (χ0v) is 8.54. The van der Waals surface area contributed by atoms with Crippen LogP contribution in [-0.2, 0) is 0 Å². The molecule has 7 nitrogen and oxygen atoms in total. The molecule has 2 aromatic rings. The molecule has 0 radical (unpaired) electrons. The quantitative estimate of drug-likeness (QED) is 0.723. The number of carbonyl (C=O) groups excluding carboxylic acids is 1. The third-order valence-electron chi connectivity index (χ3n) is 2.05. The molecule has 0 spiro atoms. The number of rotatable bonds is 3. The molecule has 17 heavy (non-hydrogen) atoms. The molecular formula is C10H8N4O3. The minimum absolute atomic E-state index is 0.0549. The molecule has 0 aliphatic carbocycles. The summed E-state index contributed by atoms with van der Waals surface area (Å²) in [6.45, 7) is 0. The molecule has 0 saturated carbocycles. The van der Waals surface area contributed by atoms with Gasteiger partial charge in [-0.25, -0.2) is 4.79 Å². The molecule has 0 aliphatic rings. The van der Waals surface area contributed by atoms with Crippen molar-refractivity contribution >= 4 is 17.7 Å². The van der Waals surface area contributed by atoms with Gasteiger partial charge < -0.3 is 10.4 Å². The predicted molar refractivity (Wildman–Crippen MR) is 57.7 cm³/mol. The fourth-order valence-corrected chi connectivity index (χ4v) is 1.23. The first-order valence-corrected chi connectivity index (χ1v) is 4.66. The number of nitrogens with zero attached hydrogens (tertiary/aromatic N) is 2. The topological polar surface area (TPSA) is 108 Å². The zero-order chi connectivity index (χ0) is 12.3. The average molecular weight is 232 g/mol. The van der Waals surface area contributed by atoms with Crippen LogP contribution in [0.2, 0.25) is 0 Å². The number of nitrogens with one attached hydrogen (secondary N) is 2. The summed E-state index contributed by atoms with van der Waals surface area (Å²) in [5, 5.41) is 17.2. The molecule has 0 bridgehead atoms. The lowest BCUT2D eigenvalue weighted by atomic mass is 10.2. The first kappa shape index (κ1) is 10.8. The maximum absolute atomic E-state index is 11.7. The summed E-state index contributed by atoms with van der Waals surface area (Å²) in [7, 11) is 0. The Morgan fingerprint density at radius 3 is 2.65 bits per heavy atom. The van der Waals surface area contributed by atoms with Crippen LogP contribution in [0.1, 0.15) is 20.7 Å². The van der Waals surface area contributed by atoms with E-state index in [1.807, 2.05) is 0 Å². The number of amides is 1. The van der Waals surface area contributed by atoms with E-state index >= 15 is 0 Å². The molecule has 2 aromatic heterocycles. The van der Waals surface area contributed by atoms with Crippen LogP contribution in [-0.4, -0.2) is 32.2 Å². The van der Waals surface area contributed by atoms with Crippen molar-refractivity contribution in [1.29, 1.82) is 0 Å². The van der Waals surface area contributed by atoms with Crippen LogP contribution in [0.4, 0.5) is 5.82 Å². The Balaban J connectivity index is 2.19. The molecular weight excluding hydrogens is 224 g/mol. The number of hydrogen-bond donors (Lipinski definition) is 3. The van der Waals surface area contributed by atoms with E-state index < -0.39 is 11.9 Å². The Kier molecular flexibility index (Phi) is 2.82. The predicted octanol–water partition coefficient (Wildman–Crippen LogP) is 0.755. The first-order chi connectivity index (χ1) is 8.18. The van der Waals surface area contributed by atoms with Gasteiger partial charge in [-0.05, 0) is 12.1 Å². The van der Waals surface area contributed by atoms with Crippen molar-refractivity contribution in [3.8, 4) is 0 Å². The van der Waals surface area contributed by atoms with Crippen LogP contribution in [0.5, 0.6) is 0 Å². The smallest absolute Gasteiger partial charge is 0.341 e.